The first-order chi connectivity index (χ1) is 12.6. The average Bonchev–Trinajstić information content (AvgIpc) is 3.29. The number of hydrogen-bond acceptors (Lipinski definition) is 5. The Labute approximate surface area is 152 Å². The Balaban J connectivity index is 1.94. The van der Waals surface area contributed by atoms with Crippen molar-refractivity contribution in [3.05, 3.63) is 36.2 Å². The predicted molar refractivity (Wildman–Crippen MR) is 99.1 cm³/mol. The highest BCUT2D eigenvalue weighted by molar-refractivity contribution is 6.06. The van der Waals surface area contributed by atoms with E-state index in [0.29, 0.717) is 42.4 Å². The maximum absolute atomic E-state index is 12.7. The highest BCUT2D eigenvalue weighted by Gasteiger charge is 2.19. The number of furan rings is 1. The van der Waals surface area contributed by atoms with Crippen LogP contribution in [-0.4, -0.2) is 40.4 Å². The molecule has 0 aliphatic rings. The second-order valence-corrected chi connectivity index (χ2v) is 6.26. The van der Waals surface area contributed by atoms with Crippen molar-refractivity contribution in [2.45, 2.75) is 33.2 Å². The fraction of sp³-hybridized carbons (Fsp3) is 0.421. The zero-order valence-electron chi connectivity index (χ0n) is 15.4. The molecule has 3 heterocycles. The van der Waals surface area contributed by atoms with Crippen molar-refractivity contribution in [3.8, 4) is 11.5 Å². The number of nitrogens with one attached hydrogen (secondary N) is 1. The summed E-state index contributed by atoms with van der Waals surface area (Å²) in [6, 6.07) is 5.52. The maximum Gasteiger partial charge on any atom is 0.252 e. The monoisotopic (exact) mass is 356 g/mol. The van der Waals surface area contributed by atoms with Gasteiger partial charge in [0.2, 0.25) is 0 Å². The minimum atomic E-state index is -0.148. The summed E-state index contributed by atoms with van der Waals surface area (Å²) in [7, 11) is 0. The molecule has 0 fully saturated rings. The number of fused-ring (bicyclic) bond motifs is 1. The molecule has 3 aromatic rings. The average molecular weight is 356 g/mol. The minimum Gasteiger partial charge on any atom is -0.463 e. The van der Waals surface area contributed by atoms with Crippen LogP contribution in [0, 0.1) is 0 Å². The molecule has 0 radical (unpaired) electrons. The van der Waals surface area contributed by atoms with E-state index in [1.807, 2.05) is 31.5 Å². The van der Waals surface area contributed by atoms with Crippen LogP contribution in [0.5, 0.6) is 0 Å². The fourth-order valence-electron chi connectivity index (χ4n) is 2.75. The lowest BCUT2D eigenvalue weighted by molar-refractivity contribution is 0.0946. The first-order valence-electron chi connectivity index (χ1n) is 8.90. The van der Waals surface area contributed by atoms with E-state index in [4.69, 9.17) is 9.15 Å². The van der Waals surface area contributed by atoms with Crippen molar-refractivity contribution in [2.24, 2.45) is 0 Å². The predicted octanol–water partition coefficient (Wildman–Crippen LogP) is 3.43. The lowest BCUT2D eigenvalue weighted by Gasteiger charge is -2.10. The molecule has 1 amide bonds. The van der Waals surface area contributed by atoms with Crippen molar-refractivity contribution in [3.63, 3.8) is 0 Å². The minimum absolute atomic E-state index is 0.133. The fourth-order valence-corrected chi connectivity index (χ4v) is 2.75. The van der Waals surface area contributed by atoms with E-state index in [2.05, 4.69) is 15.4 Å². The topological polar surface area (TPSA) is 82.2 Å². The number of hydrogen-bond donors (Lipinski definition) is 1. The Morgan fingerprint density at radius 2 is 2.27 bits per heavy atom. The normalized spacial score (nSPS) is 11.4. The van der Waals surface area contributed by atoms with Crippen LogP contribution in [-0.2, 0) is 4.74 Å². The molecular weight excluding hydrogens is 332 g/mol. The van der Waals surface area contributed by atoms with E-state index in [0.717, 1.165) is 11.8 Å². The van der Waals surface area contributed by atoms with Crippen molar-refractivity contribution >= 4 is 16.9 Å². The van der Waals surface area contributed by atoms with E-state index < -0.39 is 0 Å². The zero-order chi connectivity index (χ0) is 18.5. The second kappa shape index (κ2) is 8.14. The molecule has 0 atom stereocenters. The molecule has 26 heavy (non-hydrogen) atoms. The van der Waals surface area contributed by atoms with Crippen LogP contribution in [0.15, 0.2) is 35.1 Å². The molecule has 3 rings (SSSR count). The molecule has 138 valence electrons. The van der Waals surface area contributed by atoms with Crippen LogP contribution in [0.3, 0.4) is 0 Å². The number of rotatable bonds is 8. The van der Waals surface area contributed by atoms with E-state index in [9.17, 15) is 4.79 Å². The van der Waals surface area contributed by atoms with E-state index >= 15 is 0 Å². The summed E-state index contributed by atoms with van der Waals surface area (Å²) in [5.41, 5.74) is 1.84. The second-order valence-electron chi connectivity index (χ2n) is 6.26. The maximum atomic E-state index is 12.7. The zero-order valence-corrected chi connectivity index (χ0v) is 15.4. The van der Waals surface area contributed by atoms with Gasteiger partial charge >= 0.3 is 0 Å². The summed E-state index contributed by atoms with van der Waals surface area (Å²) in [6.45, 7) is 7.87. The molecule has 0 spiro atoms. The number of carbonyl (C=O) groups is 1. The summed E-state index contributed by atoms with van der Waals surface area (Å²) in [5, 5.41) is 8.08. The molecule has 0 aromatic carbocycles. The number of nitrogens with zero attached hydrogens (tertiary/aromatic N) is 3. The lowest BCUT2D eigenvalue weighted by Crippen LogP contribution is -2.25. The Kier molecular flexibility index (Phi) is 5.68. The van der Waals surface area contributed by atoms with Crippen LogP contribution < -0.4 is 5.32 Å². The molecule has 1 N–H and O–H groups in total. The molecule has 0 saturated heterocycles. The SMILES string of the molecule is CCOCCCNC(=O)c1cc(-c2ccco2)nc2c1cnn2C(C)C. The smallest absolute Gasteiger partial charge is 0.252 e. The molecule has 0 saturated carbocycles. The number of aromatic nitrogens is 3. The van der Waals surface area contributed by atoms with Crippen LogP contribution >= 0.6 is 0 Å². The van der Waals surface area contributed by atoms with Gasteiger partial charge in [0, 0.05) is 25.8 Å². The molecule has 0 aliphatic heterocycles. The van der Waals surface area contributed by atoms with E-state index in [-0.39, 0.29) is 11.9 Å². The molecule has 3 aromatic heterocycles. The molecule has 0 bridgehead atoms. The molecule has 0 unspecified atom stereocenters. The Morgan fingerprint density at radius 1 is 1.42 bits per heavy atom. The van der Waals surface area contributed by atoms with Crippen LogP contribution in [0.25, 0.3) is 22.5 Å². The number of amides is 1. The van der Waals surface area contributed by atoms with Gasteiger partial charge in [-0.15, -0.1) is 0 Å². The van der Waals surface area contributed by atoms with Gasteiger partial charge in [-0.1, -0.05) is 0 Å². The number of carbonyl (C=O) groups excluding carboxylic acids is 1. The summed E-state index contributed by atoms with van der Waals surface area (Å²) < 4.78 is 12.6. The largest absolute Gasteiger partial charge is 0.463 e. The molecular formula is C19H24N4O3. The van der Waals surface area contributed by atoms with Gasteiger partial charge in [-0.2, -0.15) is 5.10 Å². The highest BCUT2D eigenvalue weighted by atomic mass is 16.5. The summed E-state index contributed by atoms with van der Waals surface area (Å²) in [6.07, 6.45) is 4.06. The van der Waals surface area contributed by atoms with Gasteiger partial charge in [0.15, 0.2) is 11.4 Å². The van der Waals surface area contributed by atoms with Gasteiger partial charge in [-0.25, -0.2) is 9.67 Å². The summed E-state index contributed by atoms with van der Waals surface area (Å²) >= 11 is 0. The van der Waals surface area contributed by atoms with Crippen LogP contribution in [0.4, 0.5) is 0 Å². The van der Waals surface area contributed by atoms with Gasteiger partial charge in [-0.3, -0.25) is 4.79 Å². The molecule has 7 heteroatoms. The van der Waals surface area contributed by atoms with E-state index in [1.165, 1.54) is 0 Å². The first-order valence-corrected chi connectivity index (χ1v) is 8.90. The van der Waals surface area contributed by atoms with Gasteiger partial charge < -0.3 is 14.5 Å². The van der Waals surface area contributed by atoms with Gasteiger partial charge in [0.05, 0.1) is 23.4 Å². The summed E-state index contributed by atoms with van der Waals surface area (Å²) in [5.74, 6) is 0.471. The van der Waals surface area contributed by atoms with Crippen LogP contribution in [0.2, 0.25) is 0 Å². The Bertz CT molecular complexity index is 868. The lowest BCUT2D eigenvalue weighted by atomic mass is 10.1. The van der Waals surface area contributed by atoms with Gasteiger partial charge in [0.25, 0.3) is 5.91 Å². The Hall–Kier alpha value is -2.67. The number of ether oxygens (including phenoxy) is 1. The molecule has 7 nitrogen and oxygen atoms in total. The third kappa shape index (κ3) is 3.77. The van der Waals surface area contributed by atoms with E-state index in [1.54, 1.807) is 24.6 Å². The van der Waals surface area contributed by atoms with Crippen LogP contribution in [0.1, 0.15) is 43.6 Å². The quantitative estimate of drug-likeness (QED) is 0.625. The highest BCUT2D eigenvalue weighted by Crippen LogP contribution is 2.26. The Morgan fingerprint density at radius 3 is 2.96 bits per heavy atom. The van der Waals surface area contributed by atoms with Crippen molar-refractivity contribution in [1.29, 1.82) is 0 Å². The first kappa shape index (κ1) is 18.1. The van der Waals surface area contributed by atoms with Crippen molar-refractivity contribution in [2.75, 3.05) is 19.8 Å². The third-order valence-corrected chi connectivity index (χ3v) is 4.03. The third-order valence-electron chi connectivity index (χ3n) is 4.03. The van der Waals surface area contributed by atoms with Gasteiger partial charge in [0.1, 0.15) is 5.69 Å². The van der Waals surface area contributed by atoms with Crippen molar-refractivity contribution < 1.29 is 13.9 Å². The van der Waals surface area contributed by atoms with Gasteiger partial charge in [-0.05, 0) is 45.4 Å². The summed E-state index contributed by atoms with van der Waals surface area (Å²) in [4.78, 5) is 17.4. The molecule has 0 aliphatic carbocycles. The van der Waals surface area contributed by atoms with Crippen molar-refractivity contribution in [1.82, 2.24) is 20.1 Å². The number of pyridine rings is 1. The standard InChI is InChI=1S/C19H24N4O3/c1-4-25-9-6-8-20-19(24)14-11-16(17-7-5-10-26-17)22-18-15(14)12-21-23(18)13(2)3/h5,7,10-13H,4,6,8-9H2,1-3H3,(H,20,24).